The number of nitrogens with one attached hydrogen (secondary N) is 2. The highest BCUT2D eigenvalue weighted by molar-refractivity contribution is 5.97. The zero-order chi connectivity index (χ0) is 21.3. The van der Waals surface area contributed by atoms with E-state index in [0.717, 1.165) is 12.0 Å². The minimum atomic E-state index is -0.463. The number of carbonyl (C=O) groups is 2. The number of fused-ring (bicyclic) bond motifs is 1. The lowest BCUT2D eigenvalue weighted by Gasteiger charge is -2.10. The summed E-state index contributed by atoms with van der Waals surface area (Å²) in [5.74, 6) is 1.44. The van der Waals surface area contributed by atoms with Gasteiger partial charge in [-0.1, -0.05) is 6.92 Å². The molecule has 0 aliphatic carbocycles. The standard InChI is InChI=1S/C21H23N3O6/c1-3-8-28-16-6-4-14(9-18(16)27-2)11-23-24-20(25)12-22-21(26)15-5-7-17-19(10-15)30-13-29-17/h4-7,9-11H,3,8,12-13H2,1-2H3,(H,22,26)(H,24,25)/b23-11+. The van der Waals surface area contributed by atoms with Gasteiger partial charge in [-0.05, 0) is 48.4 Å². The number of hydrogen-bond acceptors (Lipinski definition) is 7. The molecule has 30 heavy (non-hydrogen) atoms. The first-order chi connectivity index (χ1) is 14.6. The van der Waals surface area contributed by atoms with Crippen LogP contribution in [0.2, 0.25) is 0 Å². The summed E-state index contributed by atoms with van der Waals surface area (Å²) in [6, 6.07) is 10.1. The summed E-state index contributed by atoms with van der Waals surface area (Å²) in [7, 11) is 1.56. The molecule has 158 valence electrons. The van der Waals surface area contributed by atoms with Crippen LogP contribution in [0.4, 0.5) is 0 Å². The number of nitrogens with zero attached hydrogens (tertiary/aromatic N) is 1. The van der Waals surface area contributed by atoms with Gasteiger partial charge in [-0.3, -0.25) is 9.59 Å². The highest BCUT2D eigenvalue weighted by atomic mass is 16.7. The number of benzene rings is 2. The van der Waals surface area contributed by atoms with Crippen molar-refractivity contribution in [2.24, 2.45) is 5.10 Å². The van der Waals surface area contributed by atoms with Crippen molar-refractivity contribution in [3.8, 4) is 23.0 Å². The van der Waals surface area contributed by atoms with Gasteiger partial charge < -0.3 is 24.3 Å². The number of hydrogen-bond donors (Lipinski definition) is 2. The maximum Gasteiger partial charge on any atom is 0.259 e. The molecule has 0 radical (unpaired) electrons. The summed E-state index contributed by atoms with van der Waals surface area (Å²) in [6.07, 6.45) is 2.37. The summed E-state index contributed by atoms with van der Waals surface area (Å²) >= 11 is 0. The van der Waals surface area contributed by atoms with E-state index in [2.05, 4.69) is 15.8 Å². The number of amides is 2. The van der Waals surface area contributed by atoms with E-state index < -0.39 is 11.8 Å². The Morgan fingerprint density at radius 3 is 2.77 bits per heavy atom. The molecule has 1 aliphatic rings. The zero-order valence-corrected chi connectivity index (χ0v) is 16.8. The van der Waals surface area contributed by atoms with Crippen molar-refractivity contribution >= 4 is 18.0 Å². The molecule has 0 atom stereocenters. The predicted molar refractivity (Wildman–Crippen MR) is 109 cm³/mol. The van der Waals surface area contributed by atoms with Gasteiger partial charge in [0.05, 0.1) is 26.5 Å². The zero-order valence-electron chi connectivity index (χ0n) is 16.8. The van der Waals surface area contributed by atoms with Crippen molar-refractivity contribution in [2.45, 2.75) is 13.3 Å². The van der Waals surface area contributed by atoms with E-state index in [0.29, 0.717) is 35.2 Å². The smallest absolute Gasteiger partial charge is 0.259 e. The first kappa shape index (κ1) is 21.0. The molecular weight excluding hydrogens is 390 g/mol. The summed E-state index contributed by atoms with van der Waals surface area (Å²) in [5, 5.41) is 6.42. The van der Waals surface area contributed by atoms with Crippen LogP contribution >= 0.6 is 0 Å². The van der Waals surface area contributed by atoms with Crippen molar-refractivity contribution in [1.82, 2.24) is 10.7 Å². The molecule has 9 heteroatoms. The average molecular weight is 413 g/mol. The quantitative estimate of drug-likeness (QED) is 0.482. The van der Waals surface area contributed by atoms with Gasteiger partial charge in [-0.2, -0.15) is 5.10 Å². The minimum absolute atomic E-state index is 0.126. The lowest BCUT2D eigenvalue weighted by atomic mass is 10.2. The van der Waals surface area contributed by atoms with Gasteiger partial charge in [0.1, 0.15) is 0 Å². The molecule has 0 fully saturated rings. The fourth-order valence-electron chi connectivity index (χ4n) is 2.61. The first-order valence-electron chi connectivity index (χ1n) is 9.41. The SMILES string of the molecule is CCCOc1ccc(/C=N/NC(=O)CNC(=O)c2ccc3c(c2)OCO3)cc1OC. The van der Waals surface area contributed by atoms with Gasteiger partial charge >= 0.3 is 0 Å². The maximum absolute atomic E-state index is 12.2. The highest BCUT2D eigenvalue weighted by Crippen LogP contribution is 2.32. The van der Waals surface area contributed by atoms with E-state index in [1.807, 2.05) is 6.92 Å². The van der Waals surface area contributed by atoms with Gasteiger partial charge in [0.2, 0.25) is 6.79 Å². The summed E-state index contributed by atoms with van der Waals surface area (Å²) in [6.45, 7) is 2.52. The van der Waals surface area contributed by atoms with Crippen molar-refractivity contribution in [3.63, 3.8) is 0 Å². The van der Waals surface area contributed by atoms with Crippen LogP contribution in [-0.4, -0.2) is 45.1 Å². The first-order valence-corrected chi connectivity index (χ1v) is 9.41. The second-order valence-electron chi connectivity index (χ2n) is 6.30. The van der Waals surface area contributed by atoms with Gasteiger partial charge in [-0.15, -0.1) is 0 Å². The molecule has 1 heterocycles. The Bertz CT molecular complexity index is 944. The van der Waals surface area contributed by atoms with Gasteiger partial charge in [-0.25, -0.2) is 5.43 Å². The van der Waals surface area contributed by atoms with Crippen molar-refractivity contribution in [3.05, 3.63) is 47.5 Å². The molecule has 2 aromatic rings. The Morgan fingerprint density at radius 2 is 1.97 bits per heavy atom. The van der Waals surface area contributed by atoms with Crippen LogP contribution in [0, 0.1) is 0 Å². The van der Waals surface area contributed by atoms with E-state index in [4.69, 9.17) is 18.9 Å². The van der Waals surface area contributed by atoms with Crippen LogP contribution in [-0.2, 0) is 4.79 Å². The third-order valence-corrected chi connectivity index (χ3v) is 4.10. The largest absolute Gasteiger partial charge is 0.493 e. The molecule has 0 bridgehead atoms. The fraction of sp³-hybridized carbons (Fsp3) is 0.286. The molecule has 0 saturated heterocycles. The van der Waals surface area contributed by atoms with E-state index in [-0.39, 0.29) is 13.3 Å². The summed E-state index contributed by atoms with van der Waals surface area (Å²) < 4.78 is 21.3. The van der Waals surface area contributed by atoms with E-state index in [1.165, 1.54) is 6.21 Å². The Labute approximate surface area is 174 Å². The predicted octanol–water partition coefficient (Wildman–Crippen LogP) is 2.09. The Hall–Kier alpha value is -3.75. The molecule has 0 spiro atoms. The van der Waals surface area contributed by atoms with E-state index in [1.54, 1.807) is 43.5 Å². The molecule has 2 amide bonds. The molecule has 3 rings (SSSR count). The van der Waals surface area contributed by atoms with Crippen molar-refractivity contribution < 1.29 is 28.5 Å². The van der Waals surface area contributed by atoms with Gasteiger partial charge in [0.25, 0.3) is 11.8 Å². The normalized spacial score (nSPS) is 11.9. The Morgan fingerprint density at radius 1 is 1.13 bits per heavy atom. The fourth-order valence-corrected chi connectivity index (χ4v) is 2.61. The summed E-state index contributed by atoms with van der Waals surface area (Å²) in [5.41, 5.74) is 3.46. The summed E-state index contributed by atoms with van der Waals surface area (Å²) in [4.78, 5) is 24.1. The van der Waals surface area contributed by atoms with Crippen LogP contribution < -0.4 is 29.7 Å². The number of ether oxygens (including phenoxy) is 4. The lowest BCUT2D eigenvalue weighted by molar-refractivity contribution is -0.120. The molecule has 2 aromatic carbocycles. The second-order valence-corrected chi connectivity index (χ2v) is 6.30. The highest BCUT2D eigenvalue weighted by Gasteiger charge is 2.16. The van der Waals surface area contributed by atoms with Crippen LogP contribution in [0.5, 0.6) is 23.0 Å². The van der Waals surface area contributed by atoms with Crippen LogP contribution in [0.25, 0.3) is 0 Å². The second kappa shape index (κ2) is 10.1. The van der Waals surface area contributed by atoms with Crippen molar-refractivity contribution in [2.75, 3.05) is 27.1 Å². The molecule has 9 nitrogen and oxygen atoms in total. The number of methoxy groups -OCH3 is 1. The lowest BCUT2D eigenvalue weighted by Crippen LogP contribution is -2.34. The third kappa shape index (κ3) is 5.40. The molecular formula is C21H23N3O6. The van der Waals surface area contributed by atoms with Crippen LogP contribution in [0.1, 0.15) is 29.3 Å². The molecule has 0 unspecified atom stereocenters. The van der Waals surface area contributed by atoms with E-state index in [9.17, 15) is 9.59 Å². The van der Waals surface area contributed by atoms with Crippen molar-refractivity contribution in [1.29, 1.82) is 0 Å². The molecule has 2 N–H and O–H groups in total. The number of hydrazone groups is 1. The maximum atomic E-state index is 12.2. The Kier molecular flexibility index (Phi) is 7.09. The van der Waals surface area contributed by atoms with Gasteiger partial charge in [0, 0.05) is 5.56 Å². The van der Waals surface area contributed by atoms with Crippen LogP contribution in [0.15, 0.2) is 41.5 Å². The number of rotatable bonds is 9. The molecule has 1 aliphatic heterocycles. The minimum Gasteiger partial charge on any atom is -0.493 e. The molecule has 0 saturated carbocycles. The van der Waals surface area contributed by atoms with Crippen LogP contribution in [0.3, 0.4) is 0 Å². The monoisotopic (exact) mass is 413 g/mol. The number of carbonyl (C=O) groups excluding carboxylic acids is 2. The average Bonchev–Trinajstić information content (AvgIpc) is 3.24. The third-order valence-electron chi connectivity index (χ3n) is 4.10. The molecule has 0 aromatic heterocycles. The van der Waals surface area contributed by atoms with Gasteiger partial charge in [0.15, 0.2) is 23.0 Å². The van der Waals surface area contributed by atoms with E-state index >= 15 is 0 Å². The Balaban J connectivity index is 1.48. The topological polar surface area (TPSA) is 107 Å².